The third-order valence-corrected chi connectivity index (χ3v) is 6.41. The lowest BCUT2D eigenvalue weighted by atomic mass is 9.79. The number of carboxylic acid groups (broad SMARTS) is 1. The van der Waals surface area contributed by atoms with Gasteiger partial charge in [0.05, 0.1) is 16.4 Å². The lowest BCUT2D eigenvalue weighted by Crippen LogP contribution is -2.17. The monoisotopic (exact) mass is 292 g/mol. The molecule has 1 N–H and O–H groups in total. The molecule has 4 heteroatoms. The fraction of sp³-hybridized carbons (Fsp3) is 0.562. The van der Waals surface area contributed by atoms with Crippen LogP contribution in [0.4, 0.5) is 0 Å². The van der Waals surface area contributed by atoms with Gasteiger partial charge in [-0.3, -0.25) is 4.21 Å². The van der Waals surface area contributed by atoms with E-state index in [0.29, 0.717) is 17.9 Å². The van der Waals surface area contributed by atoms with E-state index < -0.39 is 16.8 Å². The Morgan fingerprint density at radius 3 is 2.45 bits per heavy atom. The molecule has 0 saturated heterocycles. The Balaban J connectivity index is 2.14. The lowest BCUT2D eigenvalue weighted by Gasteiger charge is -2.29. The van der Waals surface area contributed by atoms with Crippen molar-refractivity contribution in [3.8, 4) is 0 Å². The molecule has 0 spiro atoms. The smallest absolute Gasteiger partial charge is 0.336 e. The summed E-state index contributed by atoms with van der Waals surface area (Å²) in [6.45, 7) is 1.96. The summed E-state index contributed by atoms with van der Waals surface area (Å²) in [6.07, 6.45) is 6.17. The minimum Gasteiger partial charge on any atom is -0.478 e. The highest BCUT2D eigenvalue weighted by Crippen LogP contribution is 2.43. The molecule has 0 bridgehead atoms. The van der Waals surface area contributed by atoms with Crippen molar-refractivity contribution in [2.45, 2.75) is 61.5 Å². The van der Waals surface area contributed by atoms with Crippen molar-refractivity contribution in [1.29, 1.82) is 0 Å². The van der Waals surface area contributed by atoms with Crippen LogP contribution in [0.5, 0.6) is 0 Å². The summed E-state index contributed by atoms with van der Waals surface area (Å²) in [6, 6.07) is 3.63. The maximum atomic E-state index is 12.7. The standard InChI is InChI=1S/C16H20O3S/c1-2-12-14(16(17)18)9-8-13(10-4-3-5-10)15(12)20(19)11-6-7-11/h8-11H,2-7H2,1H3,(H,17,18)/t20-/m1/s1. The summed E-state index contributed by atoms with van der Waals surface area (Å²) in [7, 11) is -1.03. The van der Waals surface area contributed by atoms with Crippen LogP contribution in [0.15, 0.2) is 17.0 Å². The summed E-state index contributed by atoms with van der Waals surface area (Å²) in [5.41, 5.74) is 2.29. The molecule has 2 aliphatic carbocycles. The van der Waals surface area contributed by atoms with Crippen LogP contribution in [-0.2, 0) is 17.2 Å². The van der Waals surface area contributed by atoms with Gasteiger partial charge in [0, 0.05) is 10.1 Å². The SMILES string of the molecule is CCc1c(C(=O)O)ccc(C2CCC2)c1[S@](=O)C1CC1. The van der Waals surface area contributed by atoms with Gasteiger partial charge in [0.15, 0.2) is 0 Å². The van der Waals surface area contributed by atoms with E-state index in [4.69, 9.17) is 0 Å². The van der Waals surface area contributed by atoms with Crippen molar-refractivity contribution in [3.05, 3.63) is 28.8 Å². The first kappa shape index (κ1) is 13.8. The summed E-state index contributed by atoms with van der Waals surface area (Å²) < 4.78 is 12.7. The Bertz CT molecular complexity index is 571. The number of rotatable bonds is 5. The first-order valence-electron chi connectivity index (χ1n) is 7.43. The largest absolute Gasteiger partial charge is 0.478 e. The Hall–Kier alpha value is -1.16. The van der Waals surface area contributed by atoms with Crippen LogP contribution in [-0.4, -0.2) is 20.5 Å². The van der Waals surface area contributed by atoms with E-state index in [0.717, 1.165) is 41.7 Å². The van der Waals surface area contributed by atoms with Crippen LogP contribution in [0.3, 0.4) is 0 Å². The van der Waals surface area contributed by atoms with Gasteiger partial charge in [0.1, 0.15) is 0 Å². The van der Waals surface area contributed by atoms with Crippen molar-refractivity contribution < 1.29 is 14.1 Å². The molecule has 3 nitrogen and oxygen atoms in total. The zero-order valence-corrected chi connectivity index (χ0v) is 12.5. The van der Waals surface area contributed by atoms with E-state index in [2.05, 4.69) is 0 Å². The van der Waals surface area contributed by atoms with Crippen LogP contribution < -0.4 is 0 Å². The van der Waals surface area contributed by atoms with Gasteiger partial charge >= 0.3 is 5.97 Å². The quantitative estimate of drug-likeness (QED) is 0.904. The number of carboxylic acids is 1. The second-order valence-corrected chi connectivity index (χ2v) is 7.46. The molecule has 0 aliphatic heterocycles. The average molecular weight is 292 g/mol. The molecule has 108 valence electrons. The van der Waals surface area contributed by atoms with E-state index in [1.165, 1.54) is 6.42 Å². The molecular formula is C16H20O3S. The van der Waals surface area contributed by atoms with Gasteiger partial charge in [-0.05, 0) is 55.2 Å². The van der Waals surface area contributed by atoms with Crippen LogP contribution in [0, 0.1) is 0 Å². The van der Waals surface area contributed by atoms with E-state index in [-0.39, 0.29) is 5.25 Å². The molecule has 3 rings (SSSR count). The van der Waals surface area contributed by atoms with Gasteiger partial charge in [-0.2, -0.15) is 0 Å². The van der Waals surface area contributed by atoms with Crippen LogP contribution in [0.25, 0.3) is 0 Å². The molecule has 1 atom stereocenters. The normalized spacial score (nSPS) is 20.4. The molecular weight excluding hydrogens is 272 g/mol. The summed E-state index contributed by atoms with van der Waals surface area (Å²) in [5, 5.41) is 9.61. The topological polar surface area (TPSA) is 54.4 Å². The summed E-state index contributed by atoms with van der Waals surface area (Å²) >= 11 is 0. The summed E-state index contributed by atoms with van der Waals surface area (Å²) in [4.78, 5) is 12.3. The van der Waals surface area contributed by atoms with Crippen LogP contribution in [0.2, 0.25) is 0 Å². The average Bonchev–Trinajstić information content (AvgIpc) is 3.19. The highest BCUT2D eigenvalue weighted by atomic mass is 32.2. The minimum atomic E-state index is -1.03. The second-order valence-electron chi connectivity index (χ2n) is 5.79. The van der Waals surface area contributed by atoms with Crippen molar-refractivity contribution in [2.75, 3.05) is 0 Å². The van der Waals surface area contributed by atoms with Gasteiger partial charge < -0.3 is 5.11 Å². The third-order valence-electron chi connectivity index (χ3n) is 4.45. The van der Waals surface area contributed by atoms with E-state index in [9.17, 15) is 14.1 Å². The number of benzene rings is 1. The summed E-state index contributed by atoms with van der Waals surface area (Å²) in [5.74, 6) is -0.420. The lowest BCUT2D eigenvalue weighted by molar-refractivity contribution is 0.0695. The Morgan fingerprint density at radius 1 is 1.30 bits per heavy atom. The molecule has 1 aromatic carbocycles. The van der Waals surface area contributed by atoms with Crippen molar-refractivity contribution >= 4 is 16.8 Å². The van der Waals surface area contributed by atoms with Gasteiger partial charge in [0.2, 0.25) is 0 Å². The van der Waals surface area contributed by atoms with Crippen molar-refractivity contribution in [3.63, 3.8) is 0 Å². The zero-order chi connectivity index (χ0) is 14.3. The number of aromatic carboxylic acids is 1. The third kappa shape index (κ3) is 2.30. The number of carbonyl (C=O) groups is 1. The Labute approximate surface area is 121 Å². The van der Waals surface area contributed by atoms with Crippen molar-refractivity contribution in [2.24, 2.45) is 0 Å². The maximum absolute atomic E-state index is 12.7. The first-order chi connectivity index (χ1) is 9.63. The maximum Gasteiger partial charge on any atom is 0.336 e. The van der Waals surface area contributed by atoms with Crippen molar-refractivity contribution in [1.82, 2.24) is 0 Å². The fourth-order valence-corrected chi connectivity index (χ4v) is 4.79. The zero-order valence-electron chi connectivity index (χ0n) is 11.7. The van der Waals surface area contributed by atoms with Gasteiger partial charge in [-0.25, -0.2) is 4.79 Å². The van der Waals surface area contributed by atoms with E-state index in [1.54, 1.807) is 6.07 Å². The van der Waals surface area contributed by atoms with Crippen LogP contribution >= 0.6 is 0 Å². The minimum absolute atomic E-state index is 0.253. The molecule has 0 radical (unpaired) electrons. The molecule has 2 fully saturated rings. The van der Waals surface area contributed by atoms with E-state index in [1.807, 2.05) is 13.0 Å². The molecule has 0 amide bonds. The molecule has 1 aromatic rings. The van der Waals surface area contributed by atoms with Gasteiger partial charge in [-0.1, -0.05) is 19.4 Å². The highest BCUT2D eigenvalue weighted by Gasteiger charge is 2.35. The molecule has 0 heterocycles. The predicted molar refractivity (Wildman–Crippen MR) is 78.8 cm³/mol. The van der Waals surface area contributed by atoms with E-state index >= 15 is 0 Å². The molecule has 2 aliphatic rings. The Kier molecular flexibility index (Phi) is 3.67. The molecule has 0 unspecified atom stereocenters. The van der Waals surface area contributed by atoms with Gasteiger partial charge in [-0.15, -0.1) is 0 Å². The van der Waals surface area contributed by atoms with Crippen LogP contribution in [0.1, 0.15) is 66.4 Å². The number of hydrogen-bond acceptors (Lipinski definition) is 2. The Morgan fingerprint density at radius 2 is 2.00 bits per heavy atom. The first-order valence-corrected chi connectivity index (χ1v) is 8.64. The number of hydrogen-bond donors (Lipinski definition) is 1. The second kappa shape index (κ2) is 5.32. The predicted octanol–water partition coefficient (Wildman–Crippen LogP) is 3.48. The highest BCUT2D eigenvalue weighted by molar-refractivity contribution is 7.86. The molecule has 0 aromatic heterocycles. The fourth-order valence-electron chi connectivity index (χ4n) is 2.92. The molecule has 20 heavy (non-hydrogen) atoms. The molecule has 2 saturated carbocycles. The van der Waals surface area contributed by atoms with Gasteiger partial charge in [0.25, 0.3) is 0 Å².